The lowest BCUT2D eigenvalue weighted by atomic mass is 10.2. The van der Waals surface area contributed by atoms with E-state index in [1.165, 1.54) is 0 Å². The largest absolute Gasteiger partial charge is 0.444 e. The zero-order valence-electron chi connectivity index (χ0n) is 13.7. The summed E-state index contributed by atoms with van der Waals surface area (Å²) in [7, 11) is 0. The van der Waals surface area contributed by atoms with Crippen LogP contribution in [0.15, 0.2) is 11.6 Å². The highest BCUT2D eigenvalue weighted by Crippen LogP contribution is 2.14. The van der Waals surface area contributed by atoms with Crippen LogP contribution in [0.2, 0.25) is 0 Å². The first kappa shape index (κ1) is 17.9. The highest BCUT2D eigenvalue weighted by Gasteiger charge is 2.20. The first-order valence-electron chi connectivity index (χ1n) is 7.44. The Balaban J connectivity index is 2.27. The number of carbonyl (C=O) groups excluding carboxylic acids is 1. The number of thiazole rings is 1. The highest BCUT2D eigenvalue weighted by molar-refractivity contribution is 7.09. The molecule has 1 N–H and O–H groups in total. The maximum atomic E-state index is 12.0. The molecule has 1 unspecified atom stereocenters. The molecule has 21 heavy (non-hydrogen) atoms. The summed E-state index contributed by atoms with van der Waals surface area (Å²) in [6.45, 7) is 11.9. The molecule has 0 bridgehead atoms. The number of nitrogens with zero attached hydrogens (tertiary/aromatic N) is 2. The van der Waals surface area contributed by atoms with Gasteiger partial charge in [-0.1, -0.05) is 0 Å². The van der Waals surface area contributed by atoms with Crippen molar-refractivity contribution in [3.05, 3.63) is 16.6 Å². The van der Waals surface area contributed by atoms with E-state index in [-0.39, 0.29) is 12.1 Å². The predicted molar refractivity (Wildman–Crippen MR) is 86.6 cm³/mol. The summed E-state index contributed by atoms with van der Waals surface area (Å²) >= 11 is 1.65. The van der Waals surface area contributed by atoms with Gasteiger partial charge in [0.1, 0.15) is 10.6 Å². The summed E-state index contributed by atoms with van der Waals surface area (Å²) in [6.07, 6.45) is 2.47. The molecule has 0 saturated carbocycles. The highest BCUT2D eigenvalue weighted by atomic mass is 32.1. The quantitative estimate of drug-likeness (QED) is 0.784. The number of ether oxygens (including phenoxy) is 1. The first-order chi connectivity index (χ1) is 9.83. The molecule has 0 fully saturated rings. The van der Waals surface area contributed by atoms with Gasteiger partial charge < -0.3 is 15.0 Å². The van der Waals surface area contributed by atoms with Gasteiger partial charge in [-0.25, -0.2) is 9.78 Å². The molecule has 1 heterocycles. The Kier molecular flexibility index (Phi) is 7.11. The summed E-state index contributed by atoms with van der Waals surface area (Å²) in [5.74, 6) is 0. The van der Waals surface area contributed by atoms with Crippen LogP contribution in [0.4, 0.5) is 4.79 Å². The second-order valence-corrected chi connectivity index (χ2v) is 6.89. The van der Waals surface area contributed by atoms with Gasteiger partial charge in [0, 0.05) is 24.7 Å². The summed E-state index contributed by atoms with van der Waals surface area (Å²) in [5.41, 5.74) is -0.442. The molecule has 5 nitrogen and oxygen atoms in total. The lowest BCUT2D eigenvalue weighted by Crippen LogP contribution is -2.38. The van der Waals surface area contributed by atoms with Gasteiger partial charge in [-0.2, -0.15) is 0 Å². The van der Waals surface area contributed by atoms with Crippen molar-refractivity contribution in [2.45, 2.75) is 52.7 Å². The van der Waals surface area contributed by atoms with E-state index in [0.717, 1.165) is 18.0 Å². The Bertz CT molecular complexity index is 415. The lowest BCUT2D eigenvalue weighted by Gasteiger charge is -2.26. The van der Waals surface area contributed by atoms with E-state index >= 15 is 0 Å². The standard InChI is InChI=1S/C15H27N3O2S/c1-6-18(14(19)20-15(3,4)5)10-7-8-16-12(2)13-17-9-11-21-13/h9,11-12,16H,6-8,10H2,1-5H3. The Hall–Kier alpha value is -1.14. The first-order valence-corrected chi connectivity index (χ1v) is 8.32. The average molecular weight is 313 g/mol. The number of hydrogen-bond donors (Lipinski definition) is 1. The molecule has 1 aromatic heterocycles. The molecule has 0 saturated heterocycles. The van der Waals surface area contributed by atoms with Crippen LogP contribution in [0, 0.1) is 0 Å². The molecule has 0 aromatic carbocycles. The molecular formula is C15H27N3O2S. The monoisotopic (exact) mass is 313 g/mol. The third-order valence-corrected chi connectivity index (χ3v) is 3.87. The minimum atomic E-state index is -0.442. The summed E-state index contributed by atoms with van der Waals surface area (Å²) in [4.78, 5) is 18.0. The van der Waals surface area contributed by atoms with E-state index in [4.69, 9.17) is 4.74 Å². The fraction of sp³-hybridized carbons (Fsp3) is 0.733. The van der Waals surface area contributed by atoms with Crippen molar-refractivity contribution < 1.29 is 9.53 Å². The molecule has 6 heteroatoms. The molecule has 0 aliphatic rings. The van der Waals surface area contributed by atoms with Crippen LogP contribution >= 0.6 is 11.3 Å². The van der Waals surface area contributed by atoms with Crippen LogP contribution in [0.25, 0.3) is 0 Å². The van der Waals surface area contributed by atoms with Crippen LogP contribution in [-0.4, -0.2) is 41.2 Å². The molecule has 1 aromatic rings. The van der Waals surface area contributed by atoms with Gasteiger partial charge in [0.15, 0.2) is 0 Å². The Morgan fingerprint density at radius 2 is 2.24 bits per heavy atom. The van der Waals surface area contributed by atoms with E-state index in [9.17, 15) is 4.79 Å². The molecule has 0 aliphatic heterocycles. The van der Waals surface area contributed by atoms with Crippen molar-refractivity contribution in [2.24, 2.45) is 0 Å². The number of carbonyl (C=O) groups is 1. The van der Waals surface area contributed by atoms with Crippen LogP contribution in [0.5, 0.6) is 0 Å². The number of rotatable bonds is 7. The van der Waals surface area contributed by atoms with Gasteiger partial charge in [-0.3, -0.25) is 0 Å². The molecule has 0 aliphatic carbocycles. The molecule has 1 rings (SSSR count). The Morgan fingerprint density at radius 1 is 1.52 bits per heavy atom. The fourth-order valence-electron chi connectivity index (χ4n) is 1.83. The summed E-state index contributed by atoms with van der Waals surface area (Å²) < 4.78 is 5.39. The molecule has 1 amide bonds. The van der Waals surface area contributed by atoms with E-state index in [1.54, 1.807) is 16.2 Å². The molecule has 0 radical (unpaired) electrons. The van der Waals surface area contributed by atoms with Crippen LogP contribution in [0.3, 0.4) is 0 Å². The molecule has 120 valence electrons. The lowest BCUT2D eigenvalue weighted by molar-refractivity contribution is 0.0258. The number of aromatic nitrogens is 1. The zero-order valence-corrected chi connectivity index (χ0v) is 14.5. The Labute approximate surface area is 131 Å². The van der Waals surface area contributed by atoms with Crippen molar-refractivity contribution in [3.63, 3.8) is 0 Å². The van der Waals surface area contributed by atoms with Crippen molar-refractivity contribution >= 4 is 17.4 Å². The minimum absolute atomic E-state index is 0.238. The molecule has 1 atom stereocenters. The average Bonchev–Trinajstić information content (AvgIpc) is 2.90. The minimum Gasteiger partial charge on any atom is -0.444 e. The smallest absolute Gasteiger partial charge is 0.410 e. The number of hydrogen-bond acceptors (Lipinski definition) is 5. The topological polar surface area (TPSA) is 54.5 Å². The van der Waals surface area contributed by atoms with Gasteiger partial charge in [-0.15, -0.1) is 11.3 Å². The third-order valence-electron chi connectivity index (χ3n) is 2.91. The van der Waals surface area contributed by atoms with E-state index in [0.29, 0.717) is 13.1 Å². The van der Waals surface area contributed by atoms with Crippen LogP contribution in [-0.2, 0) is 4.74 Å². The fourth-order valence-corrected chi connectivity index (χ4v) is 2.50. The van der Waals surface area contributed by atoms with E-state index in [2.05, 4.69) is 17.2 Å². The Morgan fingerprint density at radius 3 is 2.76 bits per heavy atom. The van der Waals surface area contributed by atoms with Gasteiger partial charge in [0.2, 0.25) is 0 Å². The van der Waals surface area contributed by atoms with Gasteiger partial charge in [-0.05, 0) is 47.6 Å². The summed E-state index contributed by atoms with van der Waals surface area (Å²) in [5, 5.41) is 6.49. The van der Waals surface area contributed by atoms with Crippen LogP contribution < -0.4 is 5.32 Å². The van der Waals surface area contributed by atoms with Gasteiger partial charge in [0.25, 0.3) is 0 Å². The third kappa shape index (κ3) is 6.91. The normalized spacial score (nSPS) is 13.0. The maximum Gasteiger partial charge on any atom is 0.410 e. The van der Waals surface area contributed by atoms with E-state index < -0.39 is 5.60 Å². The van der Waals surface area contributed by atoms with Crippen molar-refractivity contribution in [1.82, 2.24) is 15.2 Å². The van der Waals surface area contributed by atoms with Crippen molar-refractivity contribution in [2.75, 3.05) is 19.6 Å². The van der Waals surface area contributed by atoms with E-state index in [1.807, 2.05) is 39.3 Å². The summed E-state index contributed by atoms with van der Waals surface area (Å²) in [6, 6.07) is 0.251. The SMILES string of the molecule is CCN(CCCNC(C)c1nccs1)C(=O)OC(C)(C)C. The zero-order chi connectivity index (χ0) is 15.9. The number of amides is 1. The second-order valence-electron chi connectivity index (χ2n) is 5.96. The van der Waals surface area contributed by atoms with Crippen LogP contribution in [0.1, 0.15) is 52.1 Å². The maximum absolute atomic E-state index is 12.0. The van der Waals surface area contributed by atoms with Crippen molar-refractivity contribution in [3.8, 4) is 0 Å². The van der Waals surface area contributed by atoms with Gasteiger partial charge >= 0.3 is 6.09 Å². The second kappa shape index (κ2) is 8.34. The van der Waals surface area contributed by atoms with Crippen molar-refractivity contribution in [1.29, 1.82) is 0 Å². The predicted octanol–water partition coefficient (Wildman–Crippen LogP) is 3.44. The molecular weight excluding hydrogens is 286 g/mol. The molecule has 0 spiro atoms. The number of nitrogens with one attached hydrogen (secondary N) is 1. The van der Waals surface area contributed by atoms with Gasteiger partial charge in [0.05, 0.1) is 6.04 Å².